The van der Waals surface area contributed by atoms with E-state index in [9.17, 15) is 9.18 Å². The standard InChI is InChI=1S/C22H32FN3O2/c1-2-24-16-20(28-19-9-7-17(23)8-10-19)15-21(24)22(27)26-12-4-11-25(13-14-26)18-5-3-6-18/h7-10,18,20-21H,2-6,11-16H2,1H3/t20-,21-/m0/s1. The Kier molecular flexibility index (Phi) is 6.16. The zero-order valence-corrected chi connectivity index (χ0v) is 16.9. The average molecular weight is 390 g/mol. The van der Waals surface area contributed by atoms with Gasteiger partial charge >= 0.3 is 0 Å². The number of likely N-dealkylation sites (tertiary alicyclic amines) is 1. The van der Waals surface area contributed by atoms with Crippen LogP contribution in [0.15, 0.2) is 24.3 Å². The van der Waals surface area contributed by atoms with Gasteiger partial charge in [0.25, 0.3) is 0 Å². The van der Waals surface area contributed by atoms with E-state index < -0.39 is 0 Å². The largest absolute Gasteiger partial charge is 0.489 e. The maximum absolute atomic E-state index is 13.3. The smallest absolute Gasteiger partial charge is 0.240 e. The summed E-state index contributed by atoms with van der Waals surface area (Å²) in [4.78, 5) is 20.2. The predicted molar refractivity (Wildman–Crippen MR) is 107 cm³/mol. The second kappa shape index (κ2) is 8.78. The highest BCUT2D eigenvalue weighted by molar-refractivity contribution is 5.82. The minimum absolute atomic E-state index is 0.0298. The Balaban J connectivity index is 1.35. The van der Waals surface area contributed by atoms with Gasteiger partial charge in [0.15, 0.2) is 0 Å². The van der Waals surface area contributed by atoms with E-state index in [2.05, 4.69) is 21.6 Å². The summed E-state index contributed by atoms with van der Waals surface area (Å²) in [6, 6.07) is 6.79. The number of nitrogens with zero attached hydrogens (tertiary/aromatic N) is 3. The molecule has 0 radical (unpaired) electrons. The molecule has 2 heterocycles. The van der Waals surface area contributed by atoms with Gasteiger partial charge < -0.3 is 9.64 Å². The van der Waals surface area contributed by atoms with Gasteiger partial charge in [-0.25, -0.2) is 4.39 Å². The molecule has 3 aliphatic rings. The Morgan fingerprint density at radius 1 is 1.11 bits per heavy atom. The van der Waals surface area contributed by atoms with Crippen molar-refractivity contribution in [2.24, 2.45) is 0 Å². The van der Waals surface area contributed by atoms with Crippen molar-refractivity contribution in [2.75, 3.05) is 39.3 Å². The van der Waals surface area contributed by atoms with Gasteiger partial charge in [-0.05, 0) is 50.1 Å². The van der Waals surface area contributed by atoms with Crippen LogP contribution in [-0.4, -0.2) is 78.1 Å². The fourth-order valence-electron chi connectivity index (χ4n) is 4.74. The second-order valence-electron chi connectivity index (χ2n) is 8.33. The van der Waals surface area contributed by atoms with Gasteiger partial charge in [0, 0.05) is 45.2 Å². The van der Waals surface area contributed by atoms with Crippen LogP contribution in [0.4, 0.5) is 4.39 Å². The number of halogens is 1. The molecule has 0 spiro atoms. The van der Waals surface area contributed by atoms with Crippen LogP contribution in [0.5, 0.6) is 5.75 Å². The fourth-order valence-corrected chi connectivity index (χ4v) is 4.74. The molecule has 0 unspecified atom stereocenters. The molecule has 2 atom stereocenters. The molecule has 2 saturated heterocycles. The van der Waals surface area contributed by atoms with Crippen molar-refractivity contribution in [1.82, 2.24) is 14.7 Å². The summed E-state index contributed by atoms with van der Waals surface area (Å²) in [6.07, 6.45) is 5.74. The van der Waals surface area contributed by atoms with E-state index in [0.29, 0.717) is 12.2 Å². The van der Waals surface area contributed by atoms with Gasteiger partial charge in [-0.1, -0.05) is 13.3 Å². The maximum atomic E-state index is 13.3. The first-order chi connectivity index (χ1) is 13.6. The van der Waals surface area contributed by atoms with Crippen LogP contribution in [0.2, 0.25) is 0 Å². The molecule has 5 nitrogen and oxygen atoms in total. The molecule has 0 bridgehead atoms. The normalized spacial score (nSPS) is 27.4. The lowest BCUT2D eigenvalue weighted by molar-refractivity contribution is -0.135. The van der Waals surface area contributed by atoms with Crippen LogP contribution < -0.4 is 4.74 Å². The molecule has 1 amide bonds. The van der Waals surface area contributed by atoms with E-state index in [4.69, 9.17) is 4.74 Å². The Hall–Kier alpha value is -1.66. The maximum Gasteiger partial charge on any atom is 0.240 e. The van der Waals surface area contributed by atoms with Crippen LogP contribution in [0.25, 0.3) is 0 Å². The van der Waals surface area contributed by atoms with E-state index in [1.165, 1.54) is 31.4 Å². The number of amides is 1. The number of ether oxygens (including phenoxy) is 1. The van der Waals surface area contributed by atoms with Gasteiger partial charge in [0.1, 0.15) is 17.7 Å². The highest BCUT2D eigenvalue weighted by atomic mass is 19.1. The first-order valence-electron chi connectivity index (χ1n) is 10.8. The minimum atomic E-state index is -0.265. The van der Waals surface area contributed by atoms with Gasteiger partial charge in [0.05, 0.1) is 6.04 Å². The molecule has 1 aliphatic carbocycles. The van der Waals surface area contributed by atoms with Crippen LogP contribution in [0, 0.1) is 5.82 Å². The third kappa shape index (κ3) is 4.33. The summed E-state index contributed by atoms with van der Waals surface area (Å²) in [6.45, 7) is 7.50. The Labute approximate surface area is 167 Å². The topological polar surface area (TPSA) is 36.0 Å². The van der Waals surface area contributed by atoms with Crippen molar-refractivity contribution in [3.8, 4) is 5.75 Å². The van der Waals surface area contributed by atoms with Gasteiger partial charge in [-0.15, -0.1) is 0 Å². The van der Waals surface area contributed by atoms with E-state index in [1.807, 2.05) is 0 Å². The summed E-state index contributed by atoms with van der Waals surface area (Å²) in [7, 11) is 0. The molecule has 0 aromatic heterocycles. The molecule has 154 valence electrons. The van der Waals surface area contributed by atoms with E-state index in [0.717, 1.165) is 51.7 Å². The molecular formula is C22H32FN3O2. The van der Waals surface area contributed by atoms with Crippen molar-refractivity contribution >= 4 is 5.91 Å². The minimum Gasteiger partial charge on any atom is -0.489 e. The number of carbonyl (C=O) groups is 1. The molecule has 2 aliphatic heterocycles. The van der Waals surface area contributed by atoms with Crippen LogP contribution in [-0.2, 0) is 4.79 Å². The summed E-state index contributed by atoms with van der Waals surface area (Å²) in [5.74, 6) is 0.656. The monoisotopic (exact) mass is 389 g/mol. The van der Waals surface area contributed by atoms with E-state index in [1.54, 1.807) is 12.1 Å². The van der Waals surface area contributed by atoms with Crippen molar-refractivity contribution in [3.05, 3.63) is 30.1 Å². The summed E-state index contributed by atoms with van der Waals surface area (Å²) in [5, 5.41) is 0. The molecule has 3 fully saturated rings. The Morgan fingerprint density at radius 3 is 2.57 bits per heavy atom. The number of benzene rings is 1. The molecule has 4 rings (SSSR count). The van der Waals surface area contributed by atoms with E-state index in [-0.39, 0.29) is 23.9 Å². The van der Waals surface area contributed by atoms with Crippen molar-refractivity contribution in [2.45, 2.75) is 57.2 Å². The highest BCUT2D eigenvalue weighted by Gasteiger charge is 2.39. The first-order valence-corrected chi connectivity index (χ1v) is 10.8. The lowest BCUT2D eigenvalue weighted by Gasteiger charge is -2.36. The zero-order chi connectivity index (χ0) is 19.5. The number of likely N-dealkylation sites (N-methyl/N-ethyl adjacent to an activating group) is 1. The molecule has 1 aromatic rings. The van der Waals surface area contributed by atoms with Crippen LogP contribution >= 0.6 is 0 Å². The average Bonchev–Trinajstić information content (AvgIpc) is 2.91. The SMILES string of the molecule is CCN1C[C@@H](Oc2ccc(F)cc2)C[C@H]1C(=O)N1CCCN(C2CCC2)CC1. The van der Waals surface area contributed by atoms with Crippen LogP contribution in [0.3, 0.4) is 0 Å². The summed E-state index contributed by atoms with van der Waals surface area (Å²) >= 11 is 0. The van der Waals surface area contributed by atoms with Crippen molar-refractivity contribution < 1.29 is 13.9 Å². The lowest BCUT2D eigenvalue weighted by atomic mass is 9.91. The fraction of sp³-hybridized carbons (Fsp3) is 0.682. The molecular weight excluding hydrogens is 357 g/mol. The molecule has 1 aromatic carbocycles. The van der Waals surface area contributed by atoms with Gasteiger partial charge in [-0.3, -0.25) is 14.6 Å². The second-order valence-corrected chi connectivity index (χ2v) is 8.33. The number of hydrogen-bond acceptors (Lipinski definition) is 4. The number of hydrogen-bond donors (Lipinski definition) is 0. The molecule has 6 heteroatoms. The first kappa shape index (κ1) is 19.6. The summed E-state index contributed by atoms with van der Waals surface area (Å²) in [5.41, 5.74) is 0. The van der Waals surface area contributed by atoms with E-state index >= 15 is 0 Å². The summed E-state index contributed by atoms with van der Waals surface area (Å²) < 4.78 is 19.1. The third-order valence-corrected chi connectivity index (χ3v) is 6.61. The Morgan fingerprint density at radius 2 is 1.89 bits per heavy atom. The molecule has 0 N–H and O–H groups in total. The highest BCUT2D eigenvalue weighted by Crippen LogP contribution is 2.27. The molecule has 28 heavy (non-hydrogen) atoms. The van der Waals surface area contributed by atoms with Crippen molar-refractivity contribution in [3.63, 3.8) is 0 Å². The van der Waals surface area contributed by atoms with Crippen molar-refractivity contribution in [1.29, 1.82) is 0 Å². The number of rotatable bonds is 5. The lowest BCUT2D eigenvalue weighted by Crippen LogP contribution is -2.47. The number of carbonyl (C=O) groups excluding carboxylic acids is 1. The quantitative estimate of drug-likeness (QED) is 0.776. The van der Waals surface area contributed by atoms with Gasteiger partial charge in [0.2, 0.25) is 5.91 Å². The zero-order valence-electron chi connectivity index (χ0n) is 16.9. The third-order valence-electron chi connectivity index (χ3n) is 6.61. The predicted octanol–water partition coefficient (Wildman–Crippen LogP) is 2.75. The van der Waals surface area contributed by atoms with Gasteiger partial charge in [-0.2, -0.15) is 0 Å². The molecule has 1 saturated carbocycles. The van der Waals surface area contributed by atoms with Crippen LogP contribution in [0.1, 0.15) is 39.0 Å². The Bertz CT molecular complexity index is 664.